The van der Waals surface area contributed by atoms with Crippen LogP contribution in [0.3, 0.4) is 0 Å². The normalized spacial score (nSPS) is 18.5. The molecule has 18 heavy (non-hydrogen) atoms. The highest BCUT2D eigenvalue weighted by Gasteiger charge is 2.22. The first-order valence-electron chi connectivity index (χ1n) is 6.03. The topological polar surface area (TPSA) is 54.4 Å². The van der Waals surface area contributed by atoms with Gasteiger partial charge in [0.25, 0.3) is 0 Å². The standard InChI is InChI=1S/C13H15BrO3S/c14-12-7-6-10(8-11(12)13(15)16)18(17)9-4-2-1-3-5-9/h6-9H,1-5H2,(H,15,16). The zero-order valence-corrected chi connectivity index (χ0v) is 12.3. The van der Waals surface area contributed by atoms with Crippen molar-refractivity contribution in [3.05, 3.63) is 28.2 Å². The quantitative estimate of drug-likeness (QED) is 0.921. The van der Waals surface area contributed by atoms with Crippen molar-refractivity contribution < 1.29 is 14.1 Å². The minimum Gasteiger partial charge on any atom is -0.478 e. The molecule has 1 N–H and O–H groups in total. The summed E-state index contributed by atoms with van der Waals surface area (Å²) in [6.45, 7) is 0. The van der Waals surface area contributed by atoms with E-state index in [0.717, 1.165) is 25.7 Å². The van der Waals surface area contributed by atoms with Crippen LogP contribution in [0.4, 0.5) is 0 Å². The molecule has 0 amide bonds. The van der Waals surface area contributed by atoms with Gasteiger partial charge in [-0.05, 0) is 47.0 Å². The Kier molecular flexibility index (Phi) is 4.56. The maximum Gasteiger partial charge on any atom is 0.336 e. The number of carboxylic acid groups (broad SMARTS) is 1. The van der Waals surface area contributed by atoms with Crippen LogP contribution >= 0.6 is 15.9 Å². The van der Waals surface area contributed by atoms with Gasteiger partial charge in [-0.3, -0.25) is 4.21 Å². The van der Waals surface area contributed by atoms with Crippen molar-refractivity contribution in [1.82, 2.24) is 0 Å². The van der Waals surface area contributed by atoms with E-state index in [1.165, 1.54) is 12.5 Å². The van der Waals surface area contributed by atoms with E-state index in [9.17, 15) is 9.00 Å². The van der Waals surface area contributed by atoms with Crippen LogP contribution in [-0.4, -0.2) is 20.5 Å². The third kappa shape index (κ3) is 3.01. The second-order valence-electron chi connectivity index (χ2n) is 4.50. The van der Waals surface area contributed by atoms with Crippen molar-refractivity contribution in [1.29, 1.82) is 0 Å². The van der Waals surface area contributed by atoms with Crippen molar-refractivity contribution in [2.45, 2.75) is 42.2 Å². The Hall–Kier alpha value is -0.680. The Bertz CT molecular complexity index is 481. The van der Waals surface area contributed by atoms with Gasteiger partial charge in [0.2, 0.25) is 0 Å². The molecule has 0 aromatic heterocycles. The second-order valence-corrected chi connectivity index (χ2v) is 7.09. The SMILES string of the molecule is O=C(O)c1cc(S(=O)C2CCCCC2)ccc1Br. The third-order valence-corrected chi connectivity index (χ3v) is 5.74. The molecule has 0 heterocycles. The molecule has 0 aliphatic heterocycles. The third-order valence-electron chi connectivity index (χ3n) is 3.26. The van der Waals surface area contributed by atoms with Crippen LogP contribution in [0.2, 0.25) is 0 Å². The fraction of sp³-hybridized carbons (Fsp3) is 0.462. The van der Waals surface area contributed by atoms with Crippen molar-refractivity contribution >= 4 is 32.7 Å². The molecule has 1 aromatic carbocycles. The number of carbonyl (C=O) groups is 1. The Balaban J connectivity index is 2.24. The summed E-state index contributed by atoms with van der Waals surface area (Å²) in [5.74, 6) is -0.996. The molecule has 0 radical (unpaired) electrons. The van der Waals surface area contributed by atoms with Crippen LogP contribution in [-0.2, 0) is 10.8 Å². The van der Waals surface area contributed by atoms with E-state index < -0.39 is 16.8 Å². The number of rotatable bonds is 3. The van der Waals surface area contributed by atoms with Crippen LogP contribution < -0.4 is 0 Å². The van der Waals surface area contributed by atoms with Gasteiger partial charge in [-0.2, -0.15) is 0 Å². The van der Waals surface area contributed by atoms with Gasteiger partial charge in [0.15, 0.2) is 0 Å². The molecule has 98 valence electrons. The van der Waals surface area contributed by atoms with Gasteiger partial charge < -0.3 is 5.11 Å². The van der Waals surface area contributed by atoms with Crippen molar-refractivity contribution in [2.24, 2.45) is 0 Å². The van der Waals surface area contributed by atoms with Crippen molar-refractivity contribution in [2.75, 3.05) is 0 Å². The maximum absolute atomic E-state index is 12.4. The molecule has 1 aliphatic carbocycles. The highest BCUT2D eigenvalue weighted by molar-refractivity contribution is 9.10. The predicted octanol–water partition coefficient (Wildman–Crippen LogP) is 3.59. The summed E-state index contributed by atoms with van der Waals surface area (Å²) in [6, 6.07) is 4.94. The summed E-state index contributed by atoms with van der Waals surface area (Å²) in [5.41, 5.74) is 0.177. The molecule has 0 spiro atoms. The Morgan fingerprint density at radius 3 is 2.56 bits per heavy atom. The molecule has 1 aromatic rings. The van der Waals surface area contributed by atoms with Gasteiger partial charge in [-0.25, -0.2) is 4.79 Å². The van der Waals surface area contributed by atoms with Gasteiger partial charge in [0, 0.05) is 14.6 Å². The number of halogens is 1. The second kappa shape index (κ2) is 5.97. The smallest absolute Gasteiger partial charge is 0.336 e. The van der Waals surface area contributed by atoms with E-state index in [1.807, 2.05) is 0 Å². The fourth-order valence-electron chi connectivity index (χ4n) is 2.27. The molecule has 1 saturated carbocycles. The number of carboxylic acids is 1. The van der Waals surface area contributed by atoms with Crippen LogP contribution in [0.15, 0.2) is 27.6 Å². The van der Waals surface area contributed by atoms with Gasteiger partial charge in [0.05, 0.1) is 16.4 Å². The van der Waals surface area contributed by atoms with Gasteiger partial charge in [-0.1, -0.05) is 19.3 Å². The Morgan fingerprint density at radius 1 is 1.28 bits per heavy atom. The zero-order valence-electron chi connectivity index (χ0n) is 9.89. The lowest BCUT2D eigenvalue weighted by molar-refractivity contribution is 0.0695. The molecule has 1 aliphatic rings. The first-order valence-corrected chi connectivity index (χ1v) is 8.03. The van der Waals surface area contributed by atoms with E-state index in [-0.39, 0.29) is 10.8 Å². The summed E-state index contributed by atoms with van der Waals surface area (Å²) in [4.78, 5) is 11.7. The molecule has 2 rings (SSSR count). The van der Waals surface area contributed by atoms with E-state index in [1.54, 1.807) is 12.1 Å². The van der Waals surface area contributed by atoms with Crippen LogP contribution in [0.1, 0.15) is 42.5 Å². The predicted molar refractivity (Wildman–Crippen MR) is 74.4 cm³/mol. The average Bonchev–Trinajstić information content (AvgIpc) is 2.39. The lowest BCUT2D eigenvalue weighted by Gasteiger charge is -2.21. The number of hydrogen-bond acceptors (Lipinski definition) is 2. The number of hydrogen-bond donors (Lipinski definition) is 1. The molecule has 3 nitrogen and oxygen atoms in total. The Morgan fingerprint density at radius 2 is 1.94 bits per heavy atom. The van der Waals surface area contributed by atoms with Gasteiger partial charge in [-0.15, -0.1) is 0 Å². The molecule has 1 unspecified atom stereocenters. The average molecular weight is 331 g/mol. The van der Waals surface area contributed by atoms with Gasteiger partial charge in [0.1, 0.15) is 0 Å². The summed E-state index contributed by atoms with van der Waals surface area (Å²) in [5, 5.41) is 9.24. The summed E-state index contributed by atoms with van der Waals surface area (Å²) >= 11 is 3.20. The van der Waals surface area contributed by atoms with E-state index >= 15 is 0 Å². The summed E-state index contributed by atoms with van der Waals surface area (Å²) < 4.78 is 12.9. The van der Waals surface area contributed by atoms with E-state index in [0.29, 0.717) is 9.37 Å². The molecular weight excluding hydrogens is 316 g/mol. The monoisotopic (exact) mass is 330 g/mol. The largest absolute Gasteiger partial charge is 0.478 e. The maximum atomic E-state index is 12.4. The highest BCUT2D eigenvalue weighted by Crippen LogP contribution is 2.27. The number of benzene rings is 1. The first kappa shape index (κ1) is 13.7. The molecule has 0 bridgehead atoms. The van der Waals surface area contributed by atoms with Gasteiger partial charge >= 0.3 is 5.97 Å². The zero-order chi connectivity index (χ0) is 13.1. The molecule has 1 fully saturated rings. The van der Waals surface area contributed by atoms with Crippen LogP contribution in [0.5, 0.6) is 0 Å². The van der Waals surface area contributed by atoms with Crippen molar-refractivity contribution in [3.8, 4) is 0 Å². The highest BCUT2D eigenvalue weighted by atomic mass is 79.9. The summed E-state index contributed by atoms with van der Waals surface area (Å²) in [7, 11) is -1.09. The number of aromatic carboxylic acids is 1. The lowest BCUT2D eigenvalue weighted by atomic mass is 10.0. The molecule has 1 atom stereocenters. The minimum absolute atomic E-state index is 0.177. The molecule has 0 saturated heterocycles. The van der Waals surface area contributed by atoms with Crippen LogP contribution in [0, 0.1) is 0 Å². The minimum atomic E-state index is -1.09. The lowest BCUT2D eigenvalue weighted by Crippen LogP contribution is -2.19. The molecule has 5 heteroatoms. The first-order chi connectivity index (χ1) is 8.59. The Labute approximate surface area is 117 Å². The van der Waals surface area contributed by atoms with E-state index in [2.05, 4.69) is 15.9 Å². The summed E-state index contributed by atoms with van der Waals surface area (Å²) in [6.07, 6.45) is 5.42. The van der Waals surface area contributed by atoms with Crippen molar-refractivity contribution in [3.63, 3.8) is 0 Å². The van der Waals surface area contributed by atoms with Crippen LogP contribution in [0.25, 0.3) is 0 Å². The molecular formula is C13H15BrO3S. The fourth-order valence-corrected chi connectivity index (χ4v) is 4.26. The van der Waals surface area contributed by atoms with E-state index in [4.69, 9.17) is 5.11 Å².